The Labute approximate surface area is 86.0 Å². The summed E-state index contributed by atoms with van der Waals surface area (Å²) in [5.41, 5.74) is -0.121. The first-order valence-corrected chi connectivity index (χ1v) is 4.11. The third-order valence-electron chi connectivity index (χ3n) is 1.70. The maximum Gasteiger partial charge on any atom is 0.180 e. The third kappa shape index (κ3) is 1.75. The number of carbonyl (C=O) groups excluding carboxylic acids is 1. The fourth-order valence-corrected chi connectivity index (χ4v) is 1.36. The zero-order valence-electron chi connectivity index (χ0n) is 7.67. The molecule has 0 fully saturated rings. The molecule has 4 nitrogen and oxygen atoms in total. The molecule has 1 aromatic rings. The van der Waals surface area contributed by atoms with Crippen LogP contribution < -0.4 is 14.6 Å². The maximum atomic E-state index is 10.6. The minimum Gasteiger partial charge on any atom is -0.545 e. The van der Waals surface area contributed by atoms with Crippen molar-refractivity contribution >= 4 is 17.6 Å². The number of carbonyl (C=O) groups is 1. The lowest BCUT2D eigenvalue weighted by Crippen LogP contribution is -2.22. The van der Waals surface area contributed by atoms with Crippen LogP contribution in [0.1, 0.15) is 10.4 Å². The molecule has 0 bridgehead atoms. The van der Waals surface area contributed by atoms with Gasteiger partial charge in [0.2, 0.25) is 0 Å². The van der Waals surface area contributed by atoms with Crippen molar-refractivity contribution in [1.29, 1.82) is 0 Å². The Morgan fingerprint density at radius 1 is 1.36 bits per heavy atom. The molecule has 0 saturated carbocycles. The standard InChI is InChI=1S/C9H9ClO4/c1-13-6-4-3-5(9(11)12)7(10)8(6)14-2/h3-4H,1-2H3,(H,11,12)/p-1. The molecule has 0 aliphatic carbocycles. The first kappa shape index (κ1) is 10.7. The molecule has 1 aromatic carbocycles. The van der Waals surface area contributed by atoms with Gasteiger partial charge in [0.1, 0.15) is 0 Å². The summed E-state index contributed by atoms with van der Waals surface area (Å²) in [6.07, 6.45) is 0. The number of carboxylic acid groups (broad SMARTS) is 1. The number of benzene rings is 1. The summed E-state index contributed by atoms with van der Waals surface area (Å²) in [5, 5.41) is 10.6. The number of rotatable bonds is 3. The Balaban J connectivity index is 3.34. The fourth-order valence-electron chi connectivity index (χ4n) is 1.05. The van der Waals surface area contributed by atoms with Gasteiger partial charge in [0.05, 0.1) is 25.2 Å². The van der Waals surface area contributed by atoms with Crippen molar-refractivity contribution in [2.45, 2.75) is 0 Å². The van der Waals surface area contributed by atoms with Gasteiger partial charge in [-0.1, -0.05) is 11.6 Å². The molecule has 0 aliphatic heterocycles. The van der Waals surface area contributed by atoms with Crippen LogP contribution in [0.15, 0.2) is 12.1 Å². The molecule has 14 heavy (non-hydrogen) atoms. The second kappa shape index (κ2) is 4.19. The molecule has 0 amide bonds. The van der Waals surface area contributed by atoms with Gasteiger partial charge in [-0.05, 0) is 12.1 Å². The van der Waals surface area contributed by atoms with Crippen molar-refractivity contribution < 1.29 is 19.4 Å². The smallest absolute Gasteiger partial charge is 0.180 e. The highest BCUT2D eigenvalue weighted by atomic mass is 35.5. The molecule has 5 heteroatoms. The average molecular weight is 216 g/mol. The Bertz CT molecular complexity index is 362. The van der Waals surface area contributed by atoms with Crippen molar-refractivity contribution in [3.05, 3.63) is 22.7 Å². The number of hydrogen-bond donors (Lipinski definition) is 0. The SMILES string of the molecule is COc1ccc(C(=O)[O-])c(Cl)c1OC. The van der Waals surface area contributed by atoms with E-state index in [1.807, 2.05) is 0 Å². The summed E-state index contributed by atoms with van der Waals surface area (Å²) in [7, 11) is 2.82. The lowest BCUT2D eigenvalue weighted by Gasteiger charge is -2.12. The molecule has 1 rings (SSSR count). The Kier molecular flexibility index (Phi) is 3.19. The van der Waals surface area contributed by atoms with Crippen LogP contribution in [0.5, 0.6) is 11.5 Å². The number of carboxylic acids is 1. The normalized spacial score (nSPS) is 9.64. The topological polar surface area (TPSA) is 58.6 Å². The summed E-state index contributed by atoms with van der Waals surface area (Å²) in [4.78, 5) is 10.6. The summed E-state index contributed by atoms with van der Waals surface area (Å²) in [5.74, 6) is -0.783. The van der Waals surface area contributed by atoms with E-state index in [0.717, 1.165) is 0 Å². The van der Waals surface area contributed by atoms with Gasteiger partial charge in [0.15, 0.2) is 11.5 Å². The van der Waals surface area contributed by atoms with E-state index in [-0.39, 0.29) is 16.3 Å². The van der Waals surface area contributed by atoms with Crippen LogP contribution in [0.2, 0.25) is 5.02 Å². The highest BCUT2D eigenvalue weighted by molar-refractivity contribution is 6.35. The minimum atomic E-state index is -1.35. The molecule has 0 aromatic heterocycles. The summed E-state index contributed by atoms with van der Waals surface area (Å²) in [6, 6.07) is 2.76. The van der Waals surface area contributed by atoms with E-state index in [1.165, 1.54) is 26.4 Å². The first-order valence-electron chi connectivity index (χ1n) is 3.73. The maximum absolute atomic E-state index is 10.6. The average Bonchev–Trinajstić information content (AvgIpc) is 2.16. The second-order valence-corrected chi connectivity index (χ2v) is 2.83. The van der Waals surface area contributed by atoms with Crippen LogP contribution in [0.3, 0.4) is 0 Å². The van der Waals surface area contributed by atoms with E-state index in [2.05, 4.69) is 0 Å². The van der Waals surface area contributed by atoms with E-state index in [1.54, 1.807) is 0 Å². The van der Waals surface area contributed by atoms with Crippen molar-refractivity contribution in [3.63, 3.8) is 0 Å². The summed E-state index contributed by atoms with van der Waals surface area (Å²) in [6.45, 7) is 0. The lowest BCUT2D eigenvalue weighted by molar-refractivity contribution is -0.255. The fraction of sp³-hybridized carbons (Fsp3) is 0.222. The monoisotopic (exact) mass is 215 g/mol. The second-order valence-electron chi connectivity index (χ2n) is 2.45. The van der Waals surface area contributed by atoms with Gasteiger partial charge in [-0.25, -0.2) is 0 Å². The highest BCUT2D eigenvalue weighted by Crippen LogP contribution is 2.36. The number of methoxy groups -OCH3 is 2. The number of hydrogen-bond acceptors (Lipinski definition) is 4. The number of ether oxygens (including phenoxy) is 2. The molecule has 0 radical (unpaired) electrons. The van der Waals surface area contributed by atoms with E-state index in [0.29, 0.717) is 5.75 Å². The molecular weight excluding hydrogens is 208 g/mol. The van der Waals surface area contributed by atoms with Crippen molar-refractivity contribution in [2.75, 3.05) is 14.2 Å². The van der Waals surface area contributed by atoms with Gasteiger partial charge in [-0.15, -0.1) is 0 Å². The highest BCUT2D eigenvalue weighted by Gasteiger charge is 2.13. The minimum absolute atomic E-state index is 0.0214. The van der Waals surface area contributed by atoms with Crippen LogP contribution in [0.4, 0.5) is 0 Å². The molecular formula is C9H8ClO4-. The predicted octanol–water partition coefficient (Wildman–Crippen LogP) is 0.721. The van der Waals surface area contributed by atoms with E-state index in [9.17, 15) is 9.90 Å². The molecule has 0 N–H and O–H groups in total. The number of aromatic carboxylic acids is 1. The van der Waals surface area contributed by atoms with Crippen LogP contribution in [-0.2, 0) is 0 Å². The van der Waals surface area contributed by atoms with E-state index >= 15 is 0 Å². The zero-order chi connectivity index (χ0) is 10.7. The quantitative estimate of drug-likeness (QED) is 0.746. The van der Waals surface area contributed by atoms with Gasteiger partial charge in [0.25, 0.3) is 0 Å². The van der Waals surface area contributed by atoms with Gasteiger partial charge in [0, 0.05) is 5.56 Å². The molecule has 76 valence electrons. The third-order valence-corrected chi connectivity index (χ3v) is 2.08. The molecule has 0 unspecified atom stereocenters. The van der Waals surface area contributed by atoms with Gasteiger partial charge >= 0.3 is 0 Å². The Morgan fingerprint density at radius 3 is 2.43 bits per heavy atom. The summed E-state index contributed by atoms with van der Waals surface area (Å²) >= 11 is 5.76. The molecule has 0 atom stereocenters. The number of halogens is 1. The van der Waals surface area contributed by atoms with Crippen LogP contribution in [0.25, 0.3) is 0 Å². The molecule has 0 spiro atoms. The lowest BCUT2D eigenvalue weighted by atomic mass is 10.2. The van der Waals surface area contributed by atoms with Crippen LogP contribution >= 0.6 is 11.6 Å². The van der Waals surface area contributed by atoms with E-state index in [4.69, 9.17) is 21.1 Å². The molecule has 0 saturated heterocycles. The molecule has 0 aliphatic rings. The Morgan fingerprint density at radius 2 is 2.00 bits per heavy atom. The Hall–Kier alpha value is -1.42. The zero-order valence-corrected chi connectivity index (χ0v) is 8.42. The predicted molar refractivity (Wildman–Crippen MR) is 48.9 cm³/mol. The van der Waals surface area contributed by atoms with E-state index < -0.39 is 5.97 Å². The molecule has 0 heterocycles. The van der Waals surface area contributed by atoms with Crippen LogP contribution in [-0.4, -0.2) is 20.2 Å². The largest absolute Gasteiger partial charge is 0.545 e. The van der Waals surface area contributed by atoms with Gasteiger partial charge in [-0.3, -0.25) is 0 Å². The first-order chi connectivity index (χ1) is 6.61. The van der Waals surface area contributed by atoms with Crippen molar-refractivity contribution in [2.24, 2.45) is 0 Å². The van der Waals surface area contributed by atoms with Crippen molar-refractivity contribution in [1.82, 2.24) is 0 Å². The van der Waals surface area contributed by atoms with Crippen LogP contribution in [0, 0.1) is 0 Å². The van der Waals surface area contributed by atoms with Crippen molar-refractivity contribution in [3.8, 4) is 11.5 Å². The van der Waals surface area contributed by atoms with Gasteiger partial charge in [-0.2, -0.15) is 0 Å². The van der Waals surface area contributed by atoms with Gasteiger partial charge < -0.3 is 19.4 Å². The summed E-state index contributed by atoms with van der Waals surface area (Å²) < 4.78 is 9.84.